The Morgan fingerprint density at radius 1 is 0.584 bits per heavy atom. The molecule has 2 heterocycles. The maximum atomic E-state index is 13.8. The van der Waals surface area contributed by atoms with E-state index in [4.69, 9.17) is 5.11 Å². The van der Waals surface area contributed by atoms with Crippen LogP contribution >= 0.6 is 0 Å². The molecule has 8 N–H and O–H groups in total. The van der Waals surface area contributed by atoms with Crippen LogP contribution in [0.2, 0.25) is 0 Å². The van der Waals surface area contributed by atoms with Gasteiger partial charge in [-0.2, -0.15) is 0 Å². The fraction of sp³-hybridized carbons (Fsp3) is 0.528. The Hall–Kier alpha value is -7.41. The summed E-state index contributed by atoms with van der Waals surface area (Å²) in [6.07, 6.45) is 3.93. The van der Waals surface area contributed by atoms with Crippen LogP contribution in [0.25, 0.3) is 10.8 Å². The third-order valence-electron chi connectivity index (χ3n) is 13.1. The molecular formula is C53H73N9O15. The predicted molar refractivity (Wildman–Crippen MR) is 280 cm³/mol. The molecular weight excluding hydrogens is 1000 g/mol. The standard InChI is InChI=1S/C53H73N9O15/c1-37(63)42(18-19-48(67)68)56-53(77)57-43(52(75)76)11-7-8-22-62(32-44-41-10-6-5-9-39(41)20-21-54-44)47(66)13-4-2-3-12-45(64)40-16-14-38(15-17-40)31-55-46(65)33-58-23-25-59(34-49(69)70)27-29-61(36-51(73)74)30-28-60(26-24-58)35-50(71)72/h5-6,9-10,14-17,20-21,42-43H,2-4,7-8,11-13,18-19,22-36H2,1H3,(H,55,65)(H,67,68)(H,69,70)(H,71,72)(H,73,74)(H,75,76)(H2,56,57,77)/t42-,43-/m1/s1. The van der Waals surface area contributed by atoms with E-state index in [0.717, 1.165) is 16.3 Å². The molecule has 1 fully saturated rings. The summed E-state index contributed by atoms with van der Waals surface area (Å²) in [6.45, 7) is 3.13. The zero-order valence-corrected chi connectivity index (χ0v) is 43.6. The summed E-state index contributed by atoms with van der Waals surface area (Å²) in [7, 11) is 0. The minimum Gasteiger partial charge on any atom is -0.481 e. The minimum atomic E-state index is -1.31. The van der Waals surface area contributed by atoms with Crippen LogP contribution in [-0.4, -0.2) is 211 Å². The second-order valence-electron chi connectivity index (χ2n) is 19.1. The number of urea groups is 1. The van der Waals surface area contributed by atoms with Crippen LogP contribution in [0.15, 0.2) is 60.8 Å². The number of Topliss-reactive ketones (excluding diaryl/α,β-unsaturated/α-hetero) is 2. The highest BCUT2D eigenvalue weighted by Gasteiger charge is 2.25. The number of ketones is 2. The molecule has 77 heavy (non-hydrogen) atoms. The molecule has 0 aliphatic carbocycles. The minimum absolute atomic E-state index is 0.0172. The molecule has 2 atom stereocenters. The second-order valence-corrected chi connectivity index (χ2v) is 19.1. The van der Waals surface area contributed by atoms with Crippen molar-refractivity contribution in [2.45, 2.75) is 96.3 Å². The van der Waals surface area contributed by atoms with Crippen LogP contribution in [0, 0.1) is 0 Å². The van der Waals surface area contributed by atoms with Gasteiger partial charge in [-0.1, -0.05) is 55.0 Å². The first kappa shape index (κ1) is 62.1. The Bertz CT molecular complexity index is 2460. The lowest BCUT2D eigenvalue weighted by molar-refractivity contribution is -0.140. The Labute approximate surface area is 446 Å². The number of nitrogens with one attached hydrogen (secondary N) is 3. The van der Waals surface area contributed by atoms with Crippen LogP contribution in [0.1, 0.15) is 92.7 Å². The summed E-state index contributed by atoms with van der Waals surface area (Å²) in [6, 6.07) is 13.1. The van der Waals surface area contributed by atoms with Gasteiger partial charge in [0.25, 0.3) is 0 Å². The number of amides is 4. The summed E-state index contributed by atoms with van der Waals surface area (Å²) in [4.78, 5) is 136. The SMILES string of the molecule is CC(=O)[C@@H](CCC(=O)O)NC(=O)N[C@H](CCCCN(Cc1nccc2ccccc12)C(=O)CCCCCC(=O)c1ccc(CNC(=O)CN2CCN(CC(=O)O)CCN(CC(=O)O)CCN(CC(=O)O)CC2)cc1)C(=O)O. The highest BCUT2D eigenvalue weighted by Crippen LogP contribution is 2.20. The predicted octanol–water partition coefficient (Wildman–Crippen LogP) is 2.23. The molecule has 1 aliphatic rings. The maximum absolute atomic E-state index is 13.8. The Balaban J connectivity index is 1.26. The summed E-state index contributed by atoms with van der Waals surface area (Å²) in [5, 5.41) is 56.6. The fourth-order valence-electron chi connectivity index (χ4n) is 8.79. The molecule has 420 valence electrons. The Morgan fingerprint density at radius 2 is 1.13 bits per heavy atom. The number of rotatable bonds is 31. The van der Waals surface area contributed by atoms with Gasteiger partial charge in [0, 0.05) is 102 Å². The molecule has 2 aromatic carbocycles. The number of carboxylic acids is 5. The number of pyridine rings is 1. The van der Waals surface area contributed by atoms with E-state index in [-0.39, 0.29) is 135 Å². The van der Waals surface area contributed by atoms with Gasteiger partial charge in [0.1, 0.15) is 6.04 Å². The van der Waals surface area contributed by atoms with Crippen molar-refractivity contribution in [2.24, 2.45) is 0 Å². The van der Waals surface area contributed by atoms with Crippen LogP contribution in [0.5, 0.6) is 0 Å². The zero-order chi connectivity index (χ0) is 56.3. The lowest BCUT2D eigenvalue weighted by Gasteiger charge is -2.32. The van der Waals surface area contributed by atoms with Crippen LogP contribution in [0.3, 0.4) is 0 Å². The third kappa shape index (κ3) is 24.0. The largest absolute Gasteiger partial charge is 0.481 e. The van der Waals surface area contributed by atoms with Gasteiger partial charge in [-0.25, -0.2) is 9.59 Å². The van der Waals surface area contributed by atoms with Gasteiger partial charge in [0.15, 0.2) is 11.6 Å². The van der Waals surface area contributed by atoms with Gasteiger partial charge >= 0.3 is 35.9 Å². The van der Waals surface area contributed by atoms with E-state index in [9.17, 15) is 68.4 Å². The second kappa shape index (κ2) is 32.9. The van der Waals surface area contributed by atoms with E-state index in [2.05, 4.69) is 20.9 Å². The summed E-state index contributed by atoms with van der Waals surface area (Å²) < 4.78 is 0. The third-order valence-corrected chi connectivity index (χ3v) is 13.1. The summed E-state index contributed by atoms with van der Waals surface area (Å²) in [5.74, 6) is -6.61. The van der Waals surface area contributed by atoms with Crippen molar-refractivity contribution in [3.8, 4) is 0 Å². The van der Waals surface area contributed by atoms with Gasteiger partial charge in [0.2, 0.25) is 11.8 Å². The number of benzene rings is 2. The molecule has 0 unspecified atom stereocenters. The molecule has 24 nitrogen and oxygen atoms in total. The first-order chi connectivity index (χ1) is 36.8. The van der Waals surface area contributed by atoms with Crippen molar-refractivity contribution < 1.29 is 73.5 Å². The first-order valence-corrected chi connectivity index (χ1v) is 25.8. The van der Waals surface area contributed by atoms with Gasteiger partial charge in [-0.3, -0.25) is 62.9 Å². The molecule has 3 aromatic rings. The van der Waals surface area contributed by atoms with Crippen LogP contribution in [-0.2, 0) is 51.4 Å². The summed E-state index contributed by atoms with van der Waals surface area (Å²) >= 11 is 0. The number of carbonyl (C=O) groups excluding carboxylic acids is 5. The highest BCUT2D eigenvalue weighted by molar-refractivity contribution is 5.96. The number of carbonyl (C=O) groups is 10. The van der Waals surface area contributed by atoms with Crippen molar-refractivity contribution in [3.05, 3.63) is 77.6 Å². The van der Waals surface area contributed by atoms with Crippen molar-refractivity contribution >= 4 is 70.0 Å². The average molecular weight is 1080 g/mol. The van der Waals surface area contributed by atoms with Crippen molar-refractivity contribution in [2.75, 3.05) is 85.1 Å². The van der Waals surface area contributed by atoms with Gasteiger partial charge in [-0.05, 0) is 62.5 Å². The Morgan fingerprint density at radius 3 is 1.68 bits per heavy atom. The fourth-order valence-corrected chi connectivity index (χ4v) is 8.79. The van der Waals surface area contributed by atoms with E-state index < -0.39 is 53.7 Å². The maximum Gasteiger partial charge on any atom is 0.326 e. The smallest absolute Gasteiger partial charge is 0.326 e. The molecule has 0 radical (unpaired) electrons. The number of aromatic nitrogens is 1. The van der Waals surface area contributed by atoms with Crippen LogP contribution in [0.4, 0.5) is 4.79 Å². The quantitative estimate of drug-likeness (QED) is 0.0338. The van der Waals surface area contributed by atoms with Crippen molar-refractivity contribution in [1.29, 1.82) is 0 Å². The average Bonchev–Trinajstić information content (AvgIpc) is 3.37. The molecule has 0 spiro atoms. The van der Waals surface area contributed by atoms with E-state index in [1.54, 1.807) is 50.1 Å². The number of hydrogen-bond donors (Lipinski definition) is 8. The molecule has 1 saturated heterocycles. The number of aliphatic carboxylic acids is 5. The van der Waals surface area contributed by atoms with E-state index in [1.807, 2.05) is 35.2 Å². The number of carboxylic acid groups (broad SMARTS) is 5. The van der Waals surface area contributed by atoms with Gasteiger partial charge in [0.05, 0.1) is 44.5 Å². The zero-order valence-electron chi connectivity index (χ0n) is 43.6. The van der Waals surface area contributed by atoms with Gasteiger partial charge in [-0.15, -0.1) is 0 Å². The number of nitrogens with zero attached hydrogens (tertiary/aromatic N) is 6. The molecule has 0 saturated carbocycles. The normalized spacial score (nSPS) is 15.0. The van der Waals surface area contributed by atoms with E-state index in [1.165, 1.54) is 6.92 Å². The van der Waals surface area contributed by atoms with E-state index in [0.29, 0.717) is 56.5 Å². The molecule has 4 rings (SSSR count). The number of fused-ring (bicyclic) bond motifs is 1. The topological polar surface area (TPSA) is 337 Å². The van der Waals surface area contributed by atoms with Gasteiger partial charge < -0.3 is 46.4 Å². The molecule has 1 aromatic heterocycles. The lowest BCUT2D eigenvalue weighted by Crippen LogP contribution is -2.50. The molecule has 1 aliphatic heterocycles. The molecule has 0 bridgehead atoms. The van der Waals surface area contributed by atoms with Crippen molar-refractivity contribution in [3.63, 3.8) is 0 Å². The van der Waals surface area contributed by atoms with E-state index >= 15 is 0 Å². The molecule has 4 amide bonds. The first-order valence-electron chi connectivity index (χ1n) is 25.8. The number of unbranched alkanes of at least 4 members (excludes halogenated alkanes) is 3. The highest BCUT2D eigenvalue weighted by atomic mass is 16.4. The van der Waals surface area contributed by atoms with Crippen molar-refractivity contribution in [1.82, 2.24) is 45.4 Å². The monoisotopic (exact) mass is 1080 g/mol. The lowest BCUT2D eigenvalue weighted by atomic mass is 10.0. The summed E-state index contributed by atoms with van der Waals surface area (Å²) in [5.41, 5.74) is 1.92. The molecule has 24 heteroatoms. The number of hydrogen-bond acceptors (Lipinski definition) is 15. The Kier molecular flexibility index (Phi) is 26.5. The van der Waals surface area contributed by atoms with Crippen LogP contribution < -0.4 is 16.0 Å².